The number of nitrogens with zero attached hydrogens (tertiary/aromatic N) is 1. The van der Waals surface area contributed by atoms with Gasteiger partial charge in [-0.1, -0.05) is 0 Å². The van der Waals surface area contributed by atoms with Crippen molar-refractivity contribution in [2.24, 2.45) is 0 Å². The molecule has 0 amide bonds. The average molecular weight is 252 g/mol. The Balaban J connectivity index is 2.95. The van der Waals surface area contributed by atoms with E-state index in [2.05, 4.69) is 4.74 Å². The maximum absolute atomic E-state index is 11.3. The monoisotopic (exact) mass is 252 g/mol. The number of ether oxygens (including phenoxy) is 1. The lowest BCUT2D eigenvalue weighted by Gasteiger charge is -2.28. The third-order valence-corrected chi connectivity index (χ3v) is 2.48. The Morgan fingerprint density at radius 1 is 1.50 bits per heavy atom. The van der Waals surface area contributed by atoms with Gasteiger partial charge in [-0.05, 0) is 32.0 Å². The van der Waals surface area contributed by atoms with Crippen LogP contribution in [0.1, 0.15) is 24.2 Å². The van der Waals surface area contributed by atoms with Gasteiger partial charge >= 0.3 is 5.97 Å². The van der Waals surface area contributed by atoms with Crippen molar-refractivity contribution in [3.63, 3.8) is 0 Å². The van der Waals surface area contributed by atoms with Crippen LogP contribution in [-0.2, 0) is 4.74 Å². The fraction of sp³-hybridized carbons (Fsp3) is 0.462. The van der Waals surface area contributed by atoms with E-state index in [1.165, 1.54) is 7.11 Å². The summed E-state index contributed by atoms with van der Waals surface area (Å²) >= 11 is 0. The van der Waals surface area contributed by atoms with Crippen LogP contribution in [0, 0.1) is 0 Å². The van der Waals surface area contributed by atoms with E-state index in [1.807, 2.05) is 11.9 Å². The molecule has 0 saturated heterocycles. The summed E-state index contributed by atoms with van der Waals surface area (Å²) in [6, 6.07) is 4.97. The number of rotatable bonds is 4. The Labute approximate surface area is 107 Å². The molecule has 1 rings (SSSR count). The van der Waals surface area contributed by atoms with Crippen molar-refractivity contribution < 1.29 is 14.6 Å². The van der Waals surface area contributed by atoms with Crippen LogP contribution in [0.3, 0.4) is 0 Å². The maximum Gasteiger partial charge on any atom is 0.337 e. The van der Waals surface area contributed by atoms with Crippen molar-refractivity contribution in [2.45, 2.75) is 19.4 Å². The molecule has 5 heteroatoms. The van der Waals surface area contributed by atoms with Gasteiger partial charge in [0.25, 0.3) is 0 Å². The van der Waals surface area contributed by atoms with Crippen molar-refractivity contribution >= 4 is 17.3 Å². The number of carbonyl (C=O) groups is 1. The minimum absolute atomic E-state index is 0.412. The SMILES string of the molecule is COC(=O)c1ccc(N(C)CC(C)(C)O)c(N)c1. The van der Waals surface area contributed by atoms with Crippen LogP contribution in [0.15, 0.2) is 18.2 Å². The molecule has 1 aromatic carbocycles. The number of likely N-dealkylation sites (N-methyl/N-ethyl adjacent to an activating group) is 1. The van der Waals surface area contributed by atoms with E-state index in [1.54, 1.807) is 32.0 Å². The Bertz CT molecular complexity index is 438. The molecule has 5 nitrogen and oxygen atoms in total. The minimum atomic E-state index is -0.817. The summed E-state index contributed by atoms with van der Waals surface area (Å²) in [4.78, 5) is 13.2. The summed E-state index contributed by atoms with van der Waals surface area (Å²) in [5.41, 5.74) is 6.74. The summed E-state index contributed by atoms with van der Waals surface area (Å²) in [6.45, 7) is 3.89. The van der Waals surface area contributed by atoms with E-state index in [-0.39, 0.29) is 0 Å². The topological polar surface area (TPSA) is 75.8 Å². The predicted octanol–water partition coefficient (Wildman–Crippen LogP) is 1.26. The van der Waals surface area contributed by atoms with Crippen LogP contribution < -0.4 is 10.6 Å². The highest BCUT2D eigenvalue weighted by atomic mass is 16.5. The maximum atomic E-state index is 11.3. The molecule has 1 aromatic rings. The molecule has 0 unspecified atom stereocenters. The fourth-order valence-corrected chi connectivity index (χ4v) is 1.81. The number of aliphatic hydroxyl groups is 1. The Kier molecular flexibility index (Phi) is 4.19. The normalized spacial score (nSPS) is 11.2. The lowest BCUT2D eigenvalue weighted by atomic mass is 10.1. The zero-order valence-electron chi connectivity index (χ0n) is 11.2. The first-order valence-electron chi connectivity index (χ1n) is 5.66. The minimum Gasteiger partial charge on any atom is -0.465 e. The number of anilines is 2. The number of hydrogen-bond donors (Lipinski definition) is 2. The molecule has 0 saturated carbocycles. The second-order valence-electron chi connectivity index (χ2n) is 4.93. The fourth-order valence-electron chi connectivity index (χ4n) is 1.81. The third-order valence-electron chi connectivity index (χ3n) is 2.48. The van der Waals surface area contributed by atoms with E-state index in [4.69, 9.17) is 5.73 Å². The quantitative estimate of drug-likeness (QED) is 0.623. The lowest BCUT2D eigenvalue weighted by Crippen LogP contribution is -2.36. The van der Waals surface area contributed by atoms with Crippen LogP contribution in [0.5, 0.6) is 0 Å². The van der Waals surface area contributed by atoms with Gasteiger partial charge < -0.3 is 20.5 Å². The van der Waals surface area contributed by atoms with Gasteiger partial charge in [0.15, 0.2) is 0 Å². The molecule has 0 aliphatic rings. The molecule has 0 heterocycles. The summed E-state index contributed by atoms with van der Waals surface area (Å²) in [5, 5.41) is 9.76. The molecule has 18 heavy (non-hydrogen) atoms. The molecule has 3 N–H and O–H groups in total. The summed E-state index contributed by atoms with van der Waals surface area (Å²) in [5.74, 6) is -0.418. The standard InChI is InChI=1S/C13H20N2O3/c1-13(2,17)8-15(3)11-6-5-9(7-10(11)14)12(16)18-4/h5-7,17H,8,14H2,1-4H3. The summed E-state index contributed by atoms with van der Waals surface area (Å²) in [6.07, 6.45) is 0. The number of nitrogens with two attached hydrogens (primary N) is 1. The van der Waals surface area contributed by atoms with Gasteiger partial charge in [-0.25, -0.2) is 4.79 Å². The van der Waals surface area contributed by atoms with Crippen LogP contribution in [0.25, 0.3) is 0 Å². The zero-order chi connectivity index (χ0) is 13.9. The van der Waals surface area contributed by atoms with Gasteiger partial charge in [0.1, 0.15) is 0 Å². The van der Waals surface area contributed by atoms with Gasteiger partial charge in [-0.2, -0.15) is 0 Å². The third kappa shape index (κ3) is 3.63. The van der Waals surface area contributed by atoms with Gasteiger partial charge in [-0.3, -0.25) is 0 Å². The Hall–Kier alpha value is -1.75. The number of esters is 1. The zero-order valence-corrected chi connectivity index (χ0v) is 11.2. The van der Waals surface area contributed by atoms with E-state index < -0.39 is 11.6 Å². The Morgan fingerprint density at radius 3 is 2.56 bits per heavy atom. The molecule has 100 valence electrons. The van der Waals surface area contributed by atoms with Crippen molar-refractivity contribution in [1.29, 1.82) is 0 Å². The molecule has 0 aromatic heterocycles. The lowest BCUT2D eigenvalue weighted by molar-refractivity contribution is 0.0600. The first-order chi connectivity index (χ1) is 8.24. The van der Waals surface area contributed by atoms with Crippen molar-refractivity contribution in [1.82, 2.24) is 0 Å². The molecule has 0 fully saturated rings. The average Bonchev–Trinajstić information content (AvgIpc) is 2.25. The number of methoxy groups -OCH3 is 1. The van der Waals surface area contributed by atoms with Gasteiger partial charge in [0, 0.05) is 13.6 Å². The van der Waals surface area contributed by atoms with Crippen molar-refractivity contribution in [2.75, 3.05) is 31.3 Å². The van der Waals surface area contributed by atoms with Crippen LogP contribution in [0.4, 0.5) is 11.4 Å². The van der Waals surface area contributed by atoms with Crippen molar-refractivity contribution in [3.05, 3.63) is 23.8 Å². The molecule has 0 radical (unpaired) electrons. The number of benzene rings is 1. The van der Waals surface area contributed by atoms with Gasteiger partial charge in [0.2, 0.25) is 0 Å². The van der Waals surface area contributed by atoms with Crippen LogP contribution >= 0.6 is 0 Å². The molecule has 0 bridgehead atoms. The van der Waals surface area contributed by atoms with E-state index in [9.17, 15) is 9.90 Å². The van der Waals surface area contributed by atoms with Crippen LogP contribution in [-0.4, -0.2) is 37.4 Å². The highest BCUT2D eigenvalue weighted by Gasteiger charge is 2.18. The number of nitrogen functional groups attached to an aromatic ring is 1. The first-order valence-corrected chi connectivity index (χ1v) is 5.66. The van der Waals surface area contributed by atoms with E-state index in [0.29, 0.717) is 17.8 Å². The van der Waals surface area contributed by atoms with Crippen molar-refractivity contribution in [3.8, 4) is 0 Å². The predicted molar refractivity (Wildman–Crippen MR) is 71.8 cm³/mol. The number of carbonyl (C=O) groups excluding carboxylic acids is 1. The molecule has 0 atom stereocenters. The molecule has 0 spiro atoms. The largest absolute Gasteiger partial charge is 0.465 e. The molecular formula is C13H20N2O3. The summed E-state index contributed by atoms with van der Waals surface area (Å²) < 4.78 is 4.62. The summed E-state index contributed by atoms with van der Waals surface area (Å²) in [7, 11) is 3.16. The molecule has 0 aliphatic carbocycles. The van der Waals surface area contributed by atoms with Gasteiger partial charge in [0.05, 0.1) is 29.6 Å². The van der Waals surface area contributed by atoms with E-state index >= 15 is 0 Å². The smallest absolute Gasteiger partial charge is 0.337 e. The highest BCUT2D eigenvalue weighted by molar-refractivity contribution is 5.91. The number of hydrogen-bond acceptors (Lipinski definition) is 5. The second kappa shape index (κ2) is 5.27. The highest BCUT2D eigenvalue weighted by Crippen LogP contribution is 2.25. The second-order valence-corrected chi connectivity index (χ2v) is 4.93. The Morgan fingerprint density at radius 2 is 2.11 bits per heavy atom. The first kappa shape index (κ1) is 14.3. The van der Waals surface area contributed by atoms with Gasteiger partial charge in [-0.15, -0.1) is 0 Å². The molecular weight excluding hydrogens is 232 g/mol. The molecule has 0 aliphatic heterocycles. The van der Waals surface area contributed by atoms with Crippen LogP contribution in [0.2, 0.25) is 0 Å². The van der Waals surface area contributed by atoms with E-state index in [0.717, 1.165) is 5.69 Å².